The van der Waals surface area contributed by atoms with Crippen molar-refractivity contribution in [3.8, 4) is 5.75 Å². The van der Waals surface area contributed by atoms with E-state index in [-0.39, 0.29) is 11.8 Å². The first-order valence-corrected chi connectivity index (χ1v) is 6.58. The van der Waals surface area contributed by atoms with E-state index in [0.29, 0.717) is 30.8 Å². The smallest absolute Gasteiger partial charge is 0.347 e. The molecule has 0 fully saturated rings. The van der Waals surface area contributed by atoms with Crippen LogP contribution < -0.4 is 4.74 Å². The standard InChI is InChI=1S/C15H20O4/c1-4-13(16)11-7-9-12(10-8-11)19-14(5-2)15(17)18-6-3/h7-10,14H,4-6H2,1-3H3. The van der Waals surface area contributed by atoms with E-state index in [2.05, 4.69) is 0 Å². The SMILES string of the molecule is CCOC(=O)C(CC)Oc1ccc(C(=O)CC)cc1. The summed E-state index contributed by atoms with van der Waals surface area (Å²) in [5, 5.41) is 0. The fourth-order valence-electron chi connectivity index (χ4n) is 1.62. The van der Waals surface area contributed by atoms with Crippen LogP contribution in [0.3, 0.4) is 0 Å². The second-order valence-corrected chi connectivity index (χ2v) is 4.07. The lowest BCUT2D eigenvalue weighted by Crippen LogP contribution is -2.28. The highest BCUT2D eigenvalue weighted by Gasteiger charge is 2.19. The van der Waals surface area contributed by atoms with E-state index in [1.807, 2.05) is 13.8 Å². The first kappa shape index (κ1) is 15.2. The molecule has 0 spiro atoms. The van der Waals surface area contributed by atoms with E-state index in [1.54, 1.807) is 31.2 Å². The molecule has 0 radical (unpaired) electrons. The van der Waals surface area contributed by atoms with Crippen molar-refractivity contribution in [1.29, 1.82) is 0 Å². The van der Waals surface area contributed by atoms with Gasteiger partial charge >= 0.3 is 5.97 Å². The normalized spacial score (nSPS) is 11.7. The summed E-state index contributed by atoms with van der Waals surface area (Å²) in [6.07, 6.45) is 0.405. The van der Waals surface area contributed by atoms with Crippen molar-refractivity contribution in [2.75, 3.05) is 6.61 Å². The Balaban J connectivity index is 2.70. The summed E-state index contributed by atoms with van der Waals surface area (Å²) >= 11 is 0. The predicted molar refractivity (Wildman–Crippen MR) is 72.4 cm³/mol. The number of carbonyl (C=O) groups is 2. The number of hydrogen-bond acceptors (Lipinski definition) is 4. The minimum Gasteiger partial charge on any atom is -0.479 e. The molecule has 1 aromatic carbocycles. The molecule has 0 aliphatic rings. The van der Waals surface area contributed by atoms with Crippen molar-refractivity contribution < 1.29 is 19.1 Å². The van der Waals surface area contributed by atoms with Crippen molar-refractivity contribution in [3.05, 3.63) is 29.8 Å². The van der Waals surface area contributed by atoms with Gasteiger partial charge in [-0.2, -0.15) is 0 Å². The Morgan fingerprint density at radius 1 is 1.11 bits per heavy atom. The zero-order valence-electron chi connectivity index (χ0n) is 11.6. The summed E-state index contributed by atoms with van der Waals surface area (Å²) < 4.78 is 10.5. The molecule has 0 bridgehead atoms. The van der Waals surface area contributed by atoms with E-state index in [0.717, 1.165) is 0 Å². The Hall–Kier alpha value is -1.84. The van der Waals surface area contributed by atoms with Crippen LogP contribution in [0, 0.1) is 0 Å². The maximum absolute atomic E-state index is 11.6. The Kier molecular flexibility index (Phi) is 6.06. The van der Waals surface area contributed by atoms with Gasteiger partial charge in [-0.15, -0.1) is 0 Å². The first-order chi connectivity index (χ1) is 9.12. The monoisotopic (exact) mass is 264 g/mol. The van der Waals surface area contributed by atoms with Crippen LogP contribution >= 0.6 is 0 Å². The maximum atomic E-state index is 11.6. The molecular formula is C15H20O4. The van der Waals surface area contributed by atoms with Gasteiger partial charge in [0.25, 0.3) is 0 Å². The molecule has 1 aromatic rings. The lowest BCUT2D eigenvalue weighted by molar-refractivity contribution is -0.151. The van der Waals surface area contributed by atoms with Crippen molar-refractivity contribution in [1.82, 2.24) is 0 Å². The number of benzene rings is 1. The molecule has 4 heteroatoms. The Bertz CT molecular complexity index is 422. The lowest BCUT2D eigenvalue weighted by atomic mass is 10.1. The Morgan fingerprint density at radius 2 is 1.74 bits per heavy atom. The van der Waals surface area contributed by atoms with Crippen molar-refractivity contribution in [3.63, 3.8) is 0 Å². The van der Waals surface area contributed by atoms with Gasteiger partial charge in [0.15, 0.2) is 11.9 Å². The molecule has 1 rings (SSSR count). The molecule has 0 aliphatic heterocycles. The topological polar surface area (TPSA) is 52.6 Å². The van der Waals surface area contributed by atoms with E-state index in [9.17, 15) is 9.59 Å². The molecular weight excluding hydrogens is 244 g/mol. The van der Waals surface area contributed by atoms with Crippen molar-refractivity contribution >= 4 is 11.8 Å². The molecule has 0 saturated carbocycles. The highest BCUT2D eigenvalue weighted by molar-refractivity contribution is 5.95. The summed E-state index contributed by atoms with van der Waals surface area (Å²) in [5.74, 6) is 0.287. The summed E-state index contributed by atoms with van der Waals surface area (Å²) in [6.45, 7) is 5.77. The van der Waals surface area contributed by atoms with Crippen LogP contribution in [0.2, 0.25) is 0 Å². The van der Waals surface area contributed by atoms with Crippen LogP contribution in [-0.2, 0) is 9.53 Å². The minimum atomic E-state index is -0.604. The number of carbonyl (C=O) groups excluding carboxylic acids is 2. The fourth-order valence-corrected chi connectivity index (χ4v) is 1.62. The maximum Gasteiger partial charge on any atom is 0.347 e. The van der Waals surface area contributed by atoms with Gasteiger partial charge in [0.1, 0.15) is 5.75 Å². The van der Waals surface area contributed by atoms with Gasteiger partial charge in [0.2, 0.25) is 0 Å². The van der Waals surface area contributed by atoms with Crippen LogP contribution in [0.4, 0.5) is 0 Å². The Morgan fingerprint density at radius 3 is 2.21 bits per heavy atom. The van der Waals surface area contributed by atoms with Gasteiger partial charge < -0.3 is 9.47 Å². The highest BCUT2D eigenvalue weighted by Crippen LogP contribution is 2.16. The predicted octanol–water partition coefficient (Wildman–Crippen LogP) is 3.00. The third kappa shape index (κ3) is 4.39. The zero-order chi connectivity index (χ0) is 14.3. The summed E-state index contributed by atoms with van der Waals surface area (Å²) in [7, 11) is 0. The molecule has 0 aromatic heterocycles. The average Bonchev–Trinajstić information content (AvgIpc) is 2.44. The summed E-state index contributed by atoms with van der Waals surface area (Å²) in [4.78, 5) is 23.1. The van der Waals surface area contributed by atoms with Gasteiger partial charge in [-0.25, -0.2) is 4.79 Å². The van der Waals surface area contributed by atoms with Gasteiger partial charge in [-0.1, -0.05) is 13.8 Å². The number of esters is 1. The number of rotatable bonds is 7. The lowest BCUT2D eigenvalue weighted by Gasteiger charge is -2.16. The van der Waals surface area contributed by atoms with Crippen LogP contribution in [0.15, 0.2) is 24.3 Å². The van der Waals surface area contributed by atoms with Gasteiger partial charge in [0.05, 0.1) is 6.61 Å². The Labute approximate surface area is 113 Å². The van der Waals surface area contributed by atoms with E-state index >= 15 is 0 Å². The number of Topliss-reactive ketones (excluding diaryl/α,β-unsaturated/α-hetero) is 1. The van der Waals surface area contributed by atoms with E-state index in [4.69, 9.17) is 9.47 Å². The molecule has 19 heavy (non-hydrogen) atoms. The molecule has 0 N–H and O–H groups in total. The quantitative estimate of drug-likeness (QED) is 0.561. The number of hydrogen-bond donors (Lipinski definition) is 0. The number of ketones is 1. The van der Waals surface area contributed by atoms with Gasteiger partial charge in [-0.05, 0) is 37.6 Å². The molecule has 1 atom stereocenters. The largest absolute Gasteiger partial charge is 0.479 e. The molecule has 0 saturated heterocycles. The molecule has 0 amide bonds. The average molecular weight is 264 g/mol. The summed E-state index contributed by atoms with van der Waals surface area (Å²) in [6, 6.07) is 6.81. The van der Waals surface area contributed by atoms with Crippen molar-refractivity contribution in [2.24, 2.45) is 0 Å². The zero-order valence-corrected chi connectivity index (χ0v) is 11.6. The minimum absolute atomic E-state index is 0.0870. The molecule has 0 heterocycles. The van der Waals surface area contributed by atoms with Crippen LogP contribution in [0.1, 0.15) is 44.0 Å². The third-order valence-corrected chi connectivity index (χ3v) is 2.70. The van der Waals surface area contributed by atoms with Crippen molar-refractivity contribution in [2.45, 2.75) is 39.7 Å². The van der Waals surface area contributed by atoms with Crippen LogP contribution in [0.25, 0.3) is 0 Å². The first-order valence-electron chi connectivity index (χ1n) is 6.58. The van der Waals surface area contributed by atoms with Crippen LogP contribution in [-0.4, -0.2) is 24.5 Å². The molecule has 4 nitrogen and oxygen atoms in total. The van der Waals surface area contributed by atoms with E-state index in [1.165, 1.54) is 0 Å². The molecule has 1 unspecified atom stereocenters. The highest BCUT2D eigenvalue weighted by atomic mass is 16.6. The second-order valence-electron chi connectivity index (χ2n) is 4.07. The molecule has 104 valence electrons. The van der Waals surface area contributed by atoms with Gasteiger partial charge in [0, 0.05) is 12.0 Å². The number of ether oxygens (including phenoxy) is 2. The molecule has 0 aliphatic carbocycles. The fraction of sp³-hybridized carbons (Fsp3) is 0.467. The van der Waals surface area contributed by atoms with Gasteiger partial charge in [-0.3, -0.25) is 4.79 Å². The third-order valence-electron chi connectivity index (χ3n) is 2.70. The summed E-state index contributed by atoms with van der Waals surface area (Å²) in [5.41, 5.74) is 0.652. The van der Waals surface area contributed by atoms with E-state index < -0.39 is 6.10 Å². The van der Waals surface area contributed by atoms with Crippen LogP contribution in [0.5, 0.6) is 5.75 Å². The second kappa shape index (κ2) is 7.56.